The van der Waals surface area contributed by atoms with Crippen molar-refractivity contribution in [2.75, 3.05) is 6.54 Å². The Kier molecular flexibility index (Phi) is 3.81. The average Bonchev–Trinajstić information content (AvgIpc) is 2.91. The fourth-order valence-corrected chi connectivity index (χ4v) is 2.24. The third-order valence-corrected chi connectivity index (χ3v) is 3.44. The molecule has 0 saturated carbocycles. The van der Waals surface area contributed by atoms with Gasteiger partial charge >= 0.3 is 0 Å². The van der Waals surface area contributed by atoms with Crippen LogP contribution >= 0.6 is 0 Å². The number of rotatable bonds is 5. The van der Waals surface area contributed by atoms with Gasteiger partial charge in [-0.05, 0) is 12.0 Å². The van der Waals surface area contributed by atoms with Crippen molar-refractivity contribution in [3.8, 4) is 0 Å². The van der Waals surface area contributed by atoms with Crippen LogP contribution in [0.4, 0.5) is 0 Å². The van der Waals surface area contributed by atoms with E-state index in [0.717, 1.165) is 12.2 Å². The highest BCUT2D eigenvalue weighted by Crippen LogP contribution is 2.23. The first-order valence-corrected chi connectivity index (χ1v) is 6.30. The van der Waals surface area contributed by atoms with E-state index in [0.29, 0.717) is 18.4 Å². The van der Waals surface area contributed by atoms with E-state index in [9.17, 15) is 0 Å². The van der Waals surface area contributed by atoms with Crippen LogP contribution in [0.2, 0.25) is 0 Å². The van der Waals surface area contributed by atoms with Crippen LogP contribution in [0.1, 0.15) is 31.2 Å². The summed E-state index contributed by atoms with van der Waals surface area (Å²) in [5.74, 6) is 0.859. The first kappa shape index (κ1) is 12.8. The molecular formula is C13H21N5. The topological polar surface area (TPSA) is 61.7 Å². The smallest absolute Gasteiger partial charge is 0.0951 e. The van der Waals surface area contributed by atoms with Gasteiger partial charge < -0.3 is 10.3 Å². The van der Waals surface area contributed by atoms with E-state index in [1.54, 1.807) is 0 Å². The minimum absolute atomic E-state index is 0.348. The molecule has 0 aliphatic carbocycles. The molecule has 2 aromatic rings. The molecule has 0 aliphatic rings. The molecule has 2 N–H and O–H groups in total. The molecule has 2 heterocycles. The van der Waals surface area contributed by atoms with Crippen molar-refractivity contribution in [3.05, 3.63) is 36.2 Å². The summed E-state index contributed by atoms with van der Waals surface area (Å²) in [7, 11) is 1.95. The molecular weight excluding hydrogens is 226 g/mol. The molecule has 2 aromatic heterocycles. The lowest BCUT2D eigenvalue weighted by Gasteiger charge is -2.20. The fraction of sp³-hybridized carbons (Fsp3) is 0.538. The standard InChI is InChI=1S/C13H21N5/c1-10(2)12(6-14)13-7-15-9-18(13)8-11-4-5-16-17(11)3/h4-5,7,9-10,12H,6,8,14H2,1-3H3. The number of aryl methyl sites for hydroxylation is 1. The Balaban J connectivity index is 2.25. The van der Waals surface area contributed by atoms with E-state index in [1.807, 2.05) is 36.5 Å². The lowest BCUT2D eigenvalue weighted by molar-refractivity contribution is 0.475. The Morgan fingerprint density at radius 1 is 1.39 bits per heavy atom. The molecule has 0 bridgehead atoms. The first-order valence-electron chi connectivity index (χ1n) is 6.30. The van der Waals surface area contributed by atoms with Crippen LogP contribution in [0.25, 0.3) is 0 Å². The second kappa shape index (κ2) is 5.35. The Labute approximate surface area is 108 Å². The zero-order valence-electron chi connectivity index (χ0n) is 11.2. The molecule has 1 unspecified atom stereocenters. The van der Waals surface area contributed by atoms with E-state index >= 15 is 0 Å². The molecule has 0 amide bonds. The number of nitrogens with two attached hydrogens (primary N) is 1. The first-order chi connectivity index (χ1) is 8.63. The van der Waals surface area contributed by atoms with Gasteiger partial charge in [0.15, 0.2) is 0 Å². The van der Waals surface area contributed by atoms with Gasteiger partial charge in [-0.15, -0.1) is 0 Å². The quantitative estimate of drug-likeness (QED) is 0.868. The maximum Gasteiger partial charge on any atom is 0.0951 e. The van der Waals surface area contributed by atoms with Crippen LogP contribution in [0.5, 0.6) is 0 Å². The molecule has 5 nitrogen and oxygen atoms in total. The third kappa shape index (κ3) is 2.46. The van der Waals surface area contributed by atoms with Crippen molar-refractivity contribution >= 4 is 0 Å². The van der Waals surface area contributed by atoms with Gasteiger partial charge in [-0.25, -0.2) is 4.98 Å². The van der Waals surface area contributed by atoms with Crippen molar-refractivity contribution in [3.63, 3.8) is 0 Å². The summed E-state index contributed by atoms with van der Waals surface area (Å²) in [5.41, 5.74) is 8.24. The summed E-state index contributed by atoms with van der Waals surface area (Å²) in [5, 5.41) is 4.19. The Hall–Kier alpha value is -1.62. The minimum atomic E-state index is 0.348. The summed E-state index contributed by atoms with van der Waals surface area (Å²) in [4.78, 5) is 4.26. The van der Waals surface area contributed by atoms with E-state index in [1.165, 1.54) is 5.69 Å². The third-order valence-electron chi connectivity index (χ3n) is 3.44. The maximum atomic E-state index is 5.88. The molecule has 0 spiro atoms. The van der Waals surface area contributed by atoms with Crippen molar-refractivity contribution in [1.29, 1.82) is 0 Å². The molecule has 2 rings (SSSR count). The predicted molar refractivity (Wildman–Crippen MR) is 71.2 cm³/mol. The summed E-state index contributed by atoms with van der Waals surface area (Å²) in [6, 6.07) is 2.02. The van der Waals surface area contributed by atoms with Gasteiger partial charge in [0, 0.05) is 37.6 Å². The average molecular weight is 247 g/mol. The molecule has 0 aliphatic heterocycles. The zero-order valence-corrected chi connectivity index (χ0v) is 11.2. The van der Waals surface area contributed by atoms with E-state index in [4.69, 9.17) is 5.73 Å². The summed E-state index contributed by atoms with van der Waals surface area (Å²) in [6.45, 7) is 5.82. The second-order valence-electron chi connectivity index (χ2n) is 4.98. The van der Waals surface area contributed by atoms with Crippen LogP contribution in [-0.4, -0.2) is 25.9 Å². The van der Waals surface area contributed by atoms with Gasteiger partial charge in [0.2, 0.25) is 0 Å². The van der Waals surface area contributed by atoms with Crippen LogP contribution in [0.3, 0.4) is 0 Å². The largest absolute Gasteiger partial charge is 0.330 e. The van der Waals surface area contributed by atoms with Crippen molar-refractivity contribution in [2.24, 2.45) is 18.7 Å². The molecule has 98 valence electrons. The van der Waals surface area contributed by atoms with E-state index in [-0.39, 0.29) is 0 Å². The van der Waals surface area contributed by atoms with Gasteiger partial charge in [0.25, 0.3) is 0 Å². The van der Waals surface area contributed by atoms with Gasteiger partial charge in [-0.3, -0.25) is 4.68 Å². The predicted octanol–water partition coefficient (Wildman–Crippen LogP) is 1.36. The highest BCUT2D eigenvalue weighted by molar-refractivity contribution is 5.11. The SMILES string of the molecule is CC(C)C(CN)c1cncn1Cc1ccnn1C. The lowest BCUT2D eigenvalue weighted by atomic mass is 9.93. The molecule has 0 radical (unpaired) electrons. The van der Waals surface area contributed by atoms with Gasteiger partial charge in [0.05, 0.1) is 18.6 Å². The van der Waals surface area contributed by atoms with Crippen LogP contribution in [0, 0.1) is 5.92 Å². The van der Waals surface area contributed by atoms with E-state index in [2.05, 4.69) is 28.5 Å². The fourth-order valence-electron chi connectivity index (χ4n) is 2.24. The van der Waals surface area contributed by atoms with Crippen molar-refractivity contribution in [2.45, 2.75) is 26.3 Å². The number of imidazole rings is 1. The van der Waals surface area contributed by atoms with Gasteiger partial charge in [-0.1, -0.05) is 13.8 Å². The zero-order chi connectivity index (χ0) is 13.1. The number of aromatic nitrogens is 4. The van der Waals surface area contributed by atoms with Crippen molar-refractivity contribution in [1.82, 2.24) is 19.3 Å². The second-order valence-corrected chi connectivity index (χ2v) is 4.98. The lowest BCUT2D eigenvalue weighted by Crippen LogP contribution is -2.21. The molecule has 5 heteroatoms. The highest BCUT2D eigenvalue weighted by Gasteiger charge is 2.18. The monoisotopic (exact) mass is 247 g/mol. The molecule has 1 atom stereocenters. The Morgan fingerprint density at radius 2 is 2.17 bits per heavy atom. The minimum Gasteiger partial charge on any atom is -0.330 e. The van der Waals surface area contributed by atoms with Crippen LogP contribution in [-0.2, 0) is 13.6 Å². The Morgan fingerprint density at radius 3 is 2.72 bits per heavy atom. The normalized spacial score (nSPS) is 13.2. The van der Waals surface area contributed by atoms with Gasteiger partial charge in [0.1, 0.15) is 0 Å². The van der Waals surface area contributed by atoms with Crippen LogP contribution in [0.15, 0.2) is 24.8 Å². The summed E-state index contributed by atoms with van der Waals surface area (Å²) in [6.07, 6.45) is 5.61. The van der Waals surface area contributed by atoms with E-state index < -0.39 is 0 Å². The molecule has 0 saturated heterocycles. The van der Waals surface area contributed by atoms with Gasteiger partial charge in [-0.2, -0.15) is 5.10 Å². The summed E-state index contributed by atoms with van der Waals surface area (Å²) < 4.78 is 4.05. The maximum absolute atomic E-state index is 5.88. The number of hydrogen-bond acceptors (Lipinski definition) is 3. The summed E-state index contributed by atoms with van der Waals surface area (Å²) >= 11 is 0. The molecule has 0 fully saturated rings. The number of hydrogen-bond donors (Lipinski definition) is 1. The molecule has 0 aromatic carbocycles. The highest BCUT2D eigenvalue weighted by atomic mass is 15.3. The van der Waals surface area contributed by atoms with Crippen molar-refractivity contribution < 1.29 is 0 Å². The molecule has 18 heavy (non-hydrogen) atoms. The van der Waals surface area contributed by atoms with Crippen LogP contribution < -0.4 is 5.73 Å². The number of nitrogens with zero attached hydrogens (tertiary/aromatic N) is 4. The Bertz CT molecular complexity index is 497.